The van der Waals surface area contributed by atoms with E-state index in [1.807, 2.05) is 48.5 Å². The van der Waals surface area contributed by atoms with Crippen LogP contribution in [-0.2, 0) is 10.3 Å². The molecule has 5 heteroatoms. The number of nitrogens with zero attached hydrogens (tertiary/aromatic N) is 2. The average Bonchev–Trinajstić information content (AvgIpc) is 3.33. The topological polar surface area (TPSA) is 42.0 Å². The fourth-order valence-electron chi connectivity index (χ4n) is 6.35. The van der Waals surface area contributed by atoms with E-state index in [1.54, 1.807) is 0 Å². The smallest absolute Gasteiger partial charge is 0.340 e. The van der Waals surface area contributed by atoms with Crippen LogP contribution in [0.2, 0.25) is 0 Å². The van der Waals surface area contributed by atoms with Crippen molar-refractivity contribution in [2.24, 2.45) is 0 Å². The minimum absolute atomic E-state index is 0.325. The van der Waals surface area contributed by atoms with Crippen molar-refractivity contribution < 1.29 is 14.3 Å². The summed E-state index contributed by atoms with van der Waals surface area (Å²) in [6.45, 7) is 5.96. The first kappa shape index (κ1) is 25.9. The Hall–Kier alpha value is -5.03. The molecule has 1 spiro atoms. The summed E-state index contributed by atoms with van der Waals surface area (Å²) in [5.41, 5.74) is 6.22. The Labute approximate surface area is 246 Å². The maximum Gasteiger partial charge on any atom is 0.340 e. The second-order valence-electron chi connectivity index (χ2n) is 10.6. The molecule has 5 aromatic rings. The van der Waals surface area contributed by atoms with Crippen molar-refractivity contribution in [3.05, 3.63) is 144 Å². The van der Waals surface area contributed by atoms with Crippen LogP contribution in [0.15, 0.2) is 121 Å². The normalized spacial score (nSPS) is 16.2. The van der Waals surface area contributed by atoms with Crippen LogP contribution in [0.25, 0.3) is 0 Å². The van der Waals surface area contributed by atoms with Crippen molar-refractivity contribution in [3.63, 3.8) is 0 Å². The van der Waals surface area contributed by atoms with E-state index in [1.165, 1.54) is 0 Å². The van der Waals surface area contributed by atoms with E-state index in [2.05, 4.69) is 96.4 Å². The van der Waals surface area contributed by atoms with Crippen LogP contribution < -0.4 is 14.5 Å². The predicted molar refractivity (Wildman–Crippen MR) is 168 cm³/mol. The molecule has 1 atom stereocenters. The largest absolute Gasteiger partial charge is 0.456 e. The average molecular weight is 553 g/mol. The third kappa shape index (κ3) is 4.04. The molecule has 208 valence electrons. The van der Waals surface area contributed by atoms with Gasteiger partial charge in [0.2, 0.25) is 0 Å². The Morgan fingerprint density at radius 2 is 1.14 bits per heavy atom. The molecule has 0 saturated heterocycles. The van der Waals surface area contributed by atoms with Gasteiger partial charge in [0.15, 0.2) is 5.60 Å². The minimum Gasteiger partial charge on any atom is -0.456 e. The van der Waals surface area contributed by atoms with Gasteiger partial charge in [-0.2, -0.15) is 0 Å². The minimum atomic E-state index is -1.10. The highest BCUT2D eigenvalue weighted by Crippen LogP contribution is 2.57. The van der Waals surface area contributed by atoms with Gasteiger partial charge >= 0.3 is 5.97 Å². The highest BCUT2D eigenvalue weighted by molar-refractivity contribution is 5.97. The zero-order valence-corrected chi connectivity index (χ0v) is 23.8. The number of hydrogen-bond acceptors (Lipinski definition) is 5. The third-order valence-corrected chi connectivity index (χ3v) is 8.20. The molecule has 5 nitrogen and oxygen atoms in total. The van der Waals surface area contributed by atoms with E-state index < -0.39 is 5.60 Å². The van der Waals surface area contributed by atoms with Crippen molar-refractivity contribution in [1.82, 2.24) is 0 Å². The number of anilines is 4. The number of hydrogen-bond donors (Lipinski definition) is 0. The third-order valence-electron chi connectivity index (χ3n) is 8.20. The Kier molecular flexibility index (Phi) is 6.43. The van der Waals surface area contributed by atoms with E-state index in [-0.39, 0.29) is 5.97 Å². The fraction of sp³-hybridized carbons (Fsp3) is 0.162. The monoisotopic (exact) mass is 552 g/mol. The van der Waals surface area contributed by atoms with Crippen LogP contribution in [0.5, 0.6) is 11.5 Å². The zero-order chi connectivity index (χ0) is 28.7. The SMILES string of the molecule is CCCN(c1ccccc1)c1ccc2c(c1)Oc1cc(N(CC)c3ccccc3)ccc1C21OC(=O)c2ccccc21. The van der Waals surface area contributed by atoms with E-state index in [9.17, 15) is 4.79 Å². The van der Waals surface area contributed by atoms with Gasteiger partial charge < -0.3 is 19.3 Å². The molecule has 7 rings (SSSR count). The lowest BCUT2D eigenvalue weighted by molar-refractivity contribution is 0.0224. The summed E-state index contributed by atoms with van der Waals surface area (Å²) in [6, 6.07) is 40.9. The highest BCUT2D eigenvalue weighted by Gasteiger charge is 2.53. The molecule has 0 fully saturated rings. The maximum atomic E-state index is 13.3. The van der Waals surface area contributed by atoms with E-state index >= 15 is 0 Å². The van der Waals surface area contributed by atoms with Gasteiger partial charge in [-0.05, 0) is 67.9 Å². The van der Waals surface area contributed by atoms with Gasteiger partial charge in [0.1, 0.15) is 11.5 Å². The second kappa shape index (κ2) is 10.4. The molecule has 0 aromatic heterocycles. The molecule has 0 aliphatic carbocycles. The van der Waals surface area contributed by atoms with Gasteiger partial charge in [-0.1, -0.05) is 61.5 Å². The second-order valence-corrected chi connectivity index (χ2v) is 10.6. The molecule has 5 aromatic carbocycles. The summed E-state index contributed by atoms with van der Waals surface area (Å²) < 4.78 is 13.2. The number of carbonyl (C=O) groups is 1. The van der Waals surface area contributed by atoms with Crippen LogP contribution in [0.4, 0.5) is 22.7 Å². The lowest BCUT2D eigenvalue weighted by atomic mass is 9.77. The molecular formula is C37H32N2O3. The molecule has 2 aliphatic heterocycles. The number of esters is 1. The molecule has 1 unspecified atom stereocenters. The van der Waals surface area contributed by atoms with Crippen LogP contribution in [0.1, 0.15) is 47.3 Å². The maximum absolute atomic E-state index is 13.3. The summed E-state index contributed by atoms with van der Waals surface area (Å²) in [5, 5.41) is 0. The van der Waals surface area contributed by atoms with Crippen molar-refractivity contribution in [2.75, 3.05) is 22.9 Å². The number of benzene rings is 5. The first-order valence-corrected chi connectivity index (χ1v) is 14.6. The van der Waals surface area contributed by atoms with Gasteiger partial charge in [-0.15, -0.1) is 0 Å². The van der Waals surface area contributed by atoms with Crippen LogP contribution in [0, 0.1) is 0 Å². The summed E-state index contributed by atoms with van der Waals surface area (Å²) in [5.74, 6) is 1.04. The van der Waals surface area contributed by atoms with Crippen molar-refractivity contribution >= 4 is 28.7 Å². The van der Waals surface area contributed by atoms with E-state index in [0.29, 0.717) is 17.1 Å². The Morgan fingerprint density at radius 1 is 0.595 bits per heavy atom. The van der Waals surface area contributed by atoms with Crippen LogP contribution in [0.3, 0.4) is 0 Å². The van der Waals surface area contributed by atoms with Gasteiger partial charge in [0.25, 0.3) is 0 Å². The summed E-state index contributed by atoms with van der Waals surface area (Å²) >= 11 is 0. The lowest BCUT2D eigenvalue weighted by Crippen LogP contribution is -2.33. The van der Waals surface area contributed by atoms with Crippen LogP contribution >= 0.6 is 0 Å². The molecule has 0 saturated carbocycles. The molecule has 0 radical (unpaired) electrons. The molecule has 2 aliphatic rings. The fourth-order valence-corrected chi connectivity index (χ4v) is 6.35. The summed E-state index contributed by atoms with van der Waals surface area (Å²) in [4.78, 5) is 17.9. The quantitative estimate of drug-likeness (QED) is 0.189. The highest BCUT2D eigenvalue weighted by atomic mass is 16.6. The van der Waals surface area contributed by atoms with E-state index in [4.69, 9.17) is 9.47 Å². The number of fused-ring (bicyclic) bond motifs is 6. The van der Waals surface area contributed by atoms with Crippen molar-refractivity contribution in [3.8, 4) is 11.5 Å². The predicted octanol–water partition coefficient (Wildman–Crippen LogP) is 8.96. The van der Waals surface area contributed by atoms with Crippen molar-refractivity contribution in [1.29, 1.82) is 0 Å². The standard InChI is InChI=1S/C37H32N2O3/c1-3-23-39(27-15-9-6-10-16-27)29-20-22-33-35(25-29)41-34-24-28(38(4-2)26-13-7-5-8-14-26)19-21-32(34)37(33)31-18-12-11-17-30(31)36(40)42-37/h5-22,24-25H,3-4,23H2,1-2H3. The summed E-state index contributed by atoms with van der Waals surface area (Å²) in [6.07, 6.45) is 0.986. The first-order valence-electron chi connectivity index (χ1n) is 14.6. The van der Waals surface area contributed by atoms with E-state index in [0.717, 1.165) is 59.0 Å². The lowest BCUT2D eigenvalue weighted by Gasteiger charge is -2.38. The number of ether oxygens (including phenoxy) is 2. The van der Waals surface area contributed by atoms with Gasteiger partial charge in [0, 0.05) is 64.7 Å². The molecule has 0 amide bonds. The Bertz CT molecular complexity index is 1770. The molecular weight excluding hydrogens is 520 g/mol. The Morgan fingerprint density at radius 3 is 1.74 bits per heavy atom. The first-order chi connectivity index (χ1) is 20.6. The zero-order valence-electron chi connectivity index (χ0n) is 23.8. The number of para-hydroxylation sites is 2. The number of rotatable bonds is 7. The van der Waals surface area contributed by atoms with Crippen LogP contribution in [-0.4, -0.2) is 19.1 Å². The molecule has 0 bridgehead atoms. The van der Waals surface area contributed by atoms with Crippen molar-refractivity contribution in [2.45, 2.75) is 25.9 Å². The Balaban J connectivity index is 1.41. The number of carbonyl (C=O) groups excluding carboxylic acids is 1. The molecule has 2 heterocycles. The van der Waals surface area contributed by atoms with Gasteiger partial charge in [0.05, 0.1) is 5.56 Å². The molecule has 0 N–H and O–H groups in total. The van der Waals surface area contributed by atoms with Gasteiger partial charge in [-0.25, -0.2) is 4.79 Å². The molecule has 42 heavy (non-hydrogen) atoms. The van der Waals surface area contributed by atoms with Gasteiger partial charge in [-0.3, -0.25) is 0 Å². The summed E-state index contributed by atoms with van der Waals surface area (Å²) in [7, 11) is 0.